The summed E-state index contributed by atoms with van der Waals surface area (Å²) < 4.78 is 2.28. The van der Waals surface area contributed by atoms with Gasteiger partial charge in [0.25, 0.3) is 0 Å². The van der Waals surface area contributed by atoms with Gasteiger partial charge in [-0.3, -0.25) is 0 Å². The summed E-state index contributed by atoms with van der Waals surface area (Å²) in [6.07, 6.45) is 6.17. The van der Waals surface area contributed by atoms with Crippen LogP contribution in [-0.4, -0.2) is 22.6 Å². The Hall–Kier alpha value is -1.32. The van der Waals surface area contributed by atoms with Crippen LogP contribution in [0.4, 0.5) is 0 Å². The molecule has 0 radical (unpaired) electrons. The average Bonchev–Trinajstić information content (AvgIpc) is 2.89. The molecule has 2 heterocycles. The summed E-state index contributed by atoms with van der Waals surface area (Å²) in [6, 6.07) is 8.51. The van der Waals surface area contributed by atoms with Crippen molar-refractivity contribution in [3.63, 3.8) is 0 Å². The third kappa shape index (κ3) is 2.28. The van der Waals surface area contributed by atoms with Crippen molar-refractivity contribution in [3.05, 3.63) is 41.8 Å². The van der Waals surface area contributed by atoms with Crippen molar-refractivity contribution in [3.8, 4) is 11.3 Å². The first-order chi connectivity index (χ1) is 8.84. The highest BCUT2D eigenvalue weighted by atomic mass is 35.5. The molecule has 0 amide bonds. The lowest BCUT2D eigenvalue weighted by molar-refractivity contribution is 0.370. The van der Waals surface area contributed by atoms with Gasteiger partial charge in [-0.25, -0.2) is 4.98 Å². The van der Waals surface area contributed by atoms with Crippen LogP contribution >= 0.6 is 11.6 Å². The number of hydrogen-bond donors (Lipinski definition) is 1. The standard InChI is InChI=1S/C14H16ClN3/c15-12-3-1-2-11(8-12)14-9-17-10-18(14)13-4-6-16-7-5-13/h1-3,8-10,13,16H,4-7H2. The minimum atomic E-state index is 0.544. The molecule has 0 unspecified atom stereocenters. The Balaban J connectivity index is 1.95. The molecule has 2 aromatic rings. The van der Waals surface area contributed by atoms with Crippen LogP contribution in [0.3, 0.4) is 0 Å². The molecule has 1 saturated heterocycles. The molecule has 3 rings (SSSR count). The summed E-state index contributed by atoms with van der Waals surface area (Å²) in [4.78, 5) is 4.30. The molecule has 1 fully saturated rings. The smallest absolute Gasteiger partial charge is 0.0953 e. The van der Waals surface area contributed by atoms with E-state index in [1.54, 1.807) is 0 Å². The monoisotopic (exact) mass is 261 g/mol. The topological polar surface area (TPSA) is 29.9 Å². The normalized spacial score (nSPS) is 16.9. The first-order valence-electron chi connectivity index (χ1n) is 6.33. The first-order valence-corrected chi connectivity index (χ1v) is 6.71. The van der Waals surface area contributed by atoms with E-state index in [-0.39, 0.29) is 0 Å². The van der Waals surface area contributed by atoms with E-state index in [9.17, 15) is 0 Å². The third-order valence-corrected chi connectivity index (χ3v) is 3.72. The summed E-state index contributed by atoms with van der Waals surface area (Å²) in [5.41, 5.74) is 2.29. The molecule has 0 bridgehead atoms. The summed E-state index contributed by atoms with van der Waals surface area (Å²) in [5.74, 6) is 0. The SMILES string of the molecule is Clc1cccc(-c2cncn2C2CCNCC2)c1. The van der Waals surface area contributed by atoms with Crippen molar-refractivity contribution < 1.29 is 0 Å². The summed E-state index contributed by atoms with van der Waals surface area (Å²) in [6.45, 7) is 2.16. The molecule has 1 aliphatic rings. The highest BCUT2D eigenvalue weighted by molar-refractivity contribution is 6.30. The maximum Gasteiger partial charge on any atom is 0.0953 e. The van der Waals surface area contributed by atoms with Gasteiger partial charge >= 0.3 is 0 Å². The zero-order chi connectivity index (χ0) is 12.4. The van der Waals surface area contributed by atoms with Crippen molar-refractivity contribution in [2.45, 2.75) is 18.9 Å². The van der Waals surface area contributed by atoms with Crippen molar-refractivity contribution in [1.82, 2.24) is 14.9 Å². The fourth-order valence-corrected chi connectivity index (χ4v) is 2.74. The quantitative estimate of drug-likeness (QED) is 0.900. The highest BCUT2D eigenvalue weighted by Gasteiger charge is 2.17. The summed E-state index contributed by atoms with van der Waals surface area (Å²) >= 11 is 6.06. The molecule has 1 aromatic carbocycles. The van der Waals surface area contributed by atoms with Crippen LogP contribution in [0.5, 0.6) is 0 Å². The van der Waals surface area contributed by atoms with Crippen LogP contribution in [0.2, 0.25) is 5.02 Å². The number of hydrogen-bond acceptors (Lipinski definition) is 2. The van der Waals surface area contributed by atoms with Gasteiger partial charge in [-0.2, -0.15) is 0 Å². The van der Waals surface area contributed by atoms with Crippen LogP contribution in [0.25, 0.3) is 11.3 Å². The summed E-state index contributed by atoms with van der Waals surface area (Å²) in [7, 11) is 0. The lowest BCUT2D eigenvalue weighted by atomic mass is 10.1. The van der Waals surface area contributed by atoms with E-state index in [0.29, 0.717) is 6.04 Å². The number of halogens is 1. The Morgan fingerprint density at radius 3 is 2.89 bits per heavy atom. The van der Waals surface area contributed by atoms with Gasteiger partial charge in [0, 0.05) is 16.6 Å². The molecule has 94 valence electrons. The minimum Gasteiger partial charge on any atom is -0.327 e. The van der Waals surface area contributed by atoms with Gasteiger partial charge in [-0.05, 0) is 38.1 Å². The van der Waals surface area contributed by atoms with E-state index in [2.05, 4.69) is 20.9 Å². The van der Waals surface area contributed by atoms with Crippen LogP contribution in [0, 0.1) is 0 Å². The Bertz CT molecular complexity index is 529. The maximum atomic E-state index is 6.06. The predicted octanol–water partition coefficient (Wildman–Crippen LogP) is 3.13. The molecule has 1 aliphatic heterocycles. The second-order valence-electron chi connectivity index (χ2n) is 4.68. The van der Waals surface area contributed by atoms with Crippen molar-refractivity contribution >= 4 is 11.6 Å². The van der Waals surface area contributed by atoms with Gasteiger partial charge in [0.1, 0.15) is 0 Å². The zero-order valence-corrected chi connectivity index (χ0v) is 10.9. The lowest BCUT2D eigenvalue weighted by Gasteiger charge is -2.25. The largest absolute Gasteiger partial charge is 0.327 e. The number of benzene rings is 1. The van der Waals surface area contributed by atoms with Crippen LogP contribution < -0.4 is 5.32 Å². The highest BCUT2D eigenvalue weighted by Crippen LogP contribution is 2.28. The number of nitrogens with zero attached hydrogens (tertiary/aromatic N) is 2. The van der Waals surface area contributed by atoms with Gasteiger partial charge in [0.2, 0.25) is 0 Å². The van der Waals surface area contributed by atoms with Crippen molar-refractivity contribution in [1.29, 1.82) is 0 Å². The van der Waals surface area contributed by atoms with Gasteiger partial charge in [-0.1, -0.05) is 23.7 Å². The van der Waals surface area contributed by atoms with Gasteiger partial charge in [-0.15, -0.1) is 0 Å². The molecule has 0 spiro atoms. The van der Waals surface area contributed by atoms with E-state index >= 15 is 0 Å². The average molecular weight is 262 g/mol. The van der Waals surface area contributed by atoms with Gasteiger partial charge in [0.15, 0.2) is 0 Å². The Labute approximate surface area is 112 Å². The molecule has 3 nitrogen and oxygen atoms in total. The molecule has 18 heavy (non-hydrogen) atoms. The van der Waals surface area contributed by atoms with E-state index in [1.165, 1.54) is 0 Å². The Morgan fingerprint density at radius 2 is 2.11 bits per heavy atom. The first kappa shape index (κ1) is 11.8. The van der Waals surface area contributed by atoms with E-state index in [1.807, 2.05) is 30.7 Å². The van der Waals surface area contributed by atoms with E-state index in [0.717, 1.165) is 42.2 Å². The minimum absolute atomic E-state index is 0.544. The molecule has 1 N–H and O–H groups in total. The van der Waals surface area contributed by atoms with Crippen LogP contribution in [0.15, 0.2) is 36.8 Å². The van der Waals surface area contributed by atoms with E-state index < -0.39 is 0 Å². The van der Waals surface area contributed by atoms with Crippen molar-refractivity contribution in [2.24, 2.45) is 0 Å². The molecule has 1 aromatic heterocycles. The predicted molar refractivity (Wildman–Crippen MR) is 73.8 cm³/mol. The number of aromatic nitrogens is 2. The zero-order valence-electron chi connectivity index (χ0n) is 10.1. The second kappa shape index (κ2) is 5.12. The number of nitrogens with one attached hydrogen (secondary N) is 1. The summed E-state index contributed by atoms with van der Waals surface area (Å²) in [5, 5.41) is 4.16. The lowest BCUT2D eigenvalue weighted by Crippen LogP contribution is -2.29. The maximum absolute atomic E-state index is 6.06. The molecular weight excluding hydrogens is 246 g/mol. The third-order valence-electron chi connectivity index (χ3n) is 3.49. The fraction of sp³-hybridized carbons (Fsp3) is 0.357. The van der Waals surface area contributed by atoms with Crippen LogP contribution in [0.1, 0.15) is 18.9 Å². The molecule has 0 saturated carbocycles. The second-order valence-corrected chi connectivity index (χ2v) is 5.11. The van der Waals surface area contributed by atoms with Crippen LogP contribution in [-0.2, 0) is 0 Å². The fourth-order valence-electron chi connectivity index (χ4n) is 2.55. The van der Waals surface area contributed by atoms with Crippen molar-refractivity contribution in [2.75, 3.05) is 13.1 Å². The number of imidazole rings is 1. The number of piperidine rings is 1. The van der Waals surface area contributed by atoms with Gasteiger partial charge in [0.05, 0.1) is 18.2 Å². The Morgan fingerprint density at radius 1 is 1.28 bits per heavy atom. The molecular formula is C14H16ClN3. The molecule has 0 aliphatic carbocycles. The Kier molecular flexibility index (Phi) is 3.35. The molecule has 0 atom stereocenters. The van der Waals surface area contributed by atoms with Gasteiger partial charge < -0.3 is 9.88 Å². The number of rotatable bonds is 2. The molecule has 4 heteroatoms. The van der Waals surface area contributed by atoms with E-state index in [4.69, 9.17) is 11.6 Å².